The van der Waals surface area contributed by atoms with Gasteiger partial charge in [-0.2, -0.15) is 10.2 Å². The van der Waals surface area contributed by atoms with Crippen LogP contribution in [0.15, 0.2) is 12.3 Å². The summed E-state index contributed by atoms with van der Waals surface area (Å²) in [7, 11) is 0. The molecule has 0 aliphatic heterocycles. The molecule has 0 fully saturated rings. The molecule has 0 aliphatic carbocycles. The highest BCUT2D eigenvalue weighted by Crippen LogP contribution is 2.11. The molecule has 7 nitrogen and oxygen atoms in total. The minimum atomic E-state index is -0.206. The molecule has 0 saturated heterocycles. The number of hydrogen-bond acceptors (Lipinski definition) is 4. The molecule has 2 heterocycles. The van der Waals surface area contributed by atoms with Crippen molar-refractivity contribution in [3.05, 3.63) is 29.2 Å². The van der Waals surface area contributed by atoms with Crippen LogP contribution in [0.1, 0.15) is 28.2 Å². The number of nitrogens with one attached hydrogen (secondary N) is 2. The summed E-state index contributed by atoms with van der Waals surface area (Å²) in [6.07, 6.45) is 2.41. The highest BCUT2D eigenvalue weighted by Gasteiger charge is 2.15. The molecule has 0 spiro atoms. The van der Waals surface area contributed by atoms with Crippen LogP contribution in [-0.2, 0) is 6.54 Å². The Morgan fingerprint density at radius 3 is 2.95 bits per heavy atom. The fourth-order valence-corrected chi connectivity index (χ4v) is 1.80. The summed E-state index contributed by atoms with van der Waals surface area (Å²) in [5, 5.41) is 13.7. The summed E-state index contributed by atoms with van der Waals surface area (Å²) < 4.78 is 1.79. The van der Waals surface area contributed by atoms with Crippen molar-refractivity contribution in [2.45, 2.75) is 26.8 Å². The molecule has 4 N–H and O–H groups in total. The monoisotopic (exact) mass is 262 g/mol. The lowest BCUT2D eigenvalue weighted by molar-refractivity contribution is 0.102. The van der Waals surface area contributed by atoms with Crippen molar-refractivity contribution < 1.29 is 4.79 Å². The first-order chi connectivity index (χ1) is 9.11. The minimum Gasteiger partial charge on any atom is -0.330 e. The van der Waals surface area contributed by atoms with Gasteiger partial charge in [0.05, 0.1) is 11.8 Å². The summed E-state index contributed by atoms with van der Waals surface area (Å²) in [6, 6.07) is 1.77. The first kappa shape index (κ1) is 13.3. The number of aromatic nitrogens is 4. The van der Waals surface area contributed by atoms with Gasteiger partial charge < -0.3 is 11.1 Å². The molecule has 2 aromatic rings. The SMILES string of the molecule is Cc1cc(NC(=O)c2cnn(CCCN)c2C)n[nH]1. The zero-order valence-corrected chi connectivity index (χ0v) is 11.1. The van der Waals surface area contributed by atoms with Gasteiger partial charge in [-0.25, -0.2) is 0 Å². The Hall–Kier alpha value is -2.15. The van der Waals surface area contributed by atoms with E-state index in [4.69, 9.17) is 5.73 Å². The second-order valence-corrected chi connectivity index (χ2v) is 4.40. The molecule has 0 bridgehead atoms. The standard InChI is InChI=1S/C12H18N6O/c1-8-6-11(17-16-8)15-12(19)10-7-14-18(9(10)2)5-3-4-13/h6-7H,3-5,13H2,1-2H3,(H2,15,16,17,19). The van der Waals surface area contributed by atoms with Crippen molar-refractivity contribution in [2.75, 3.05) is 11.9 Å². The van der Waals surface area contributed by atoms with Crippen molar-refractivity contribution in [3.8, 4) is 0 Å². The molecule has 102 valence electrons. The Bertz CT molecular complexity index is 571. The second-order valence-electron chi connectivity index (χ2n) is 4.40. The van der Waals surface area contributed by atoms with E-state index in [9.17, 15) is 4.79 Å². The topological polar surface area (TPSA) is 102 Å². The number of amides is 1. The van der Waals surface area contributed by atoms with Gasteiger partial charge in [-0.3, -0.25) is 14.6 Å². The van der Waals surface area contributed by atoms with E-state index < -0.39 is 0 Å². The van der Waals surface area contributed by atoms with E-state index in [0.717, 1.165) is 24.4 Å². The summed E-state index contributed by atoms with van der Waals surface area (Å²) in [5.74, 6) is 0.305. The summed E-state index contributed by atoms with van der Waals surface area (Å²) in [5.41, 5.74) is 7.74. The lowest BCUT2D eigenvalue weighted by atomic mass is 10.2. The van der Waals surface area contributed by atoms with E-state index in [0.29, 0.717) is 17.9 Å². The number of hydrogen-bond donors (Lipinski definition) is 3. The normalized spacial score (nSPS) is 10.7. The predicted molar refractivity (Wildman–Crippen MR) is 71.9 cm³/mol. The quantitative estimate of drug-likeness (QED) is 0.742. The smallest absolute Gasteiger partial charge is 0.260 e. The third-order valence-corrected chi connectivity index (χ3v) is 2.87. The van der Waals surface area contributed by atoms with Crippen LogP contribution in [-0.4, -0.2) is 32.4 Å². The van der Waals surface area contributed by atoms with Gasteiger partial charge in [0.15, 0.2) is 5.82 Å². The maximum atomic E-state index is 12.1. The van der Waals surface area contributed by atoms with Crippen LogP contribution < -0.4 is 11.1 Å². The van der Waals surface area contributed by atoms with Crippen LogP contribution in [0, 0.1) is 13.8 Å². The van der Waals surface area contributed by atoms with Crippen LogP contribution in [0.4, 0.5) is 5.82 Å². The number of nitrogens with zero attached hydrogens (tertiary/aromatic N) is 3. The van der Waals surface area contributed by atoms with Crippen LogP contribution in [0.2, 0.25) is 0 Å². The van der Waals surface area contributed by atoms with Gasteiger partial charge in [-0.05, 0) is 26.8 Å². The molecule has 0 radical (unpaired) electrons. The lowest BCUT2D eigenvalue weighted by Crippen LogP contribution is -2.14. The van der Waals surface area contributed by atoms with Gasteiger partial charge in [0.2, 0.25) is 0 Å². The van der Waals surface area contributed by atoms with Crippen LogP contribution in [0.3, 0.4) is 0 Å². The largest absolute Gasteiger partial charge is 0.330 e. The highest BCUT2D eigenvalue weighted by atomic mass is 16.1. The van der Waals surface area contributed by atoms with Gasteiger partial charge in [0.25, 0.3) is 5.91 Å². The van der Waals surface area contributed by atoms with Gasteiger partial charge >= 0.3 is 0 Å². The number of carbonyl (C=O) groups excluding carboxylic acids is 1. The minimum absolute atomic E-state index is 0.206. The number of aryl methyl sites for hydroxylation is 2. The van der Waals surface area contributed by atoms with E-state index in [1.165, 1.54) is 0 Å². The number of rotatable bonds is 5. The molecule has 2 rings (SSSR count). The summed E-state index contributed by atoms with van der Waals surface area (Å²) in [4.78, 5) is 12.1. The molecule has 7 heteroatoms. The van der Waals surface area contributed by atoms with E-state index in [1.807, 2.05) is 13.8 Å². The van der Waals surface area contributed by atoms with Crippen molar-refractivity contribution in [2.24, 2.45) is 5.73 Å². The Morgan fingerprint density at radius 1 is 1.53 bits per heavy atom. The molecular formula is C12H18N6O. The molecular weight excluding hydrogens is 244 g/mol. The molecule has 19 heavy (non-hydrogen) atoms. The number of H-pyrrole nitrogens is 1. The molecule has 0 saturated carbocycles. The molecule has 0 unspecified atom stereocenters. The first-order valence-electron chi connectivity index (χ1n) is 6.17. The number of anilines is 1. The molecule has 1 amide bonds. The van der Waals surface area contributed by atoms with Crippen LogP contribution in [0.5, 0.6) is 0 Å². The lowest BCUT2D eigenvalue weighted by Gasteiger charge is -2.04. The molecule has 0 aromatic carbocycles. The van der Waals surface area contributed by atoms with Gasteiger partial charge in [0.1, 0.15) is 0 Å². The van der Waals surface area contributed by atoms with Crippen LogP contribution >= 0.6 is 0 Å². The third-order valence-electron chi connectivity index (χ3n) is 2.87. The molecule has 2 aromatic heterocycles. The second kappa shape index (κ2) is 5.66. The van der Waals surface area contributed by atoms with Crippen molar-refractivity contribution >= 4 is 11.7 Å². The number of carbonyl (C=O) groups is 1. The Kier molecular flexibility index (Phi) is 3.96. The van der Waals surface area contributed by atoms with Crippen LogP contribution in [0.25, 0.3) is 0 Å². The maximum Gasteiger partial charge on any atom is 0.260 e. The summed E-state index contributed by atoms with van der Waals surface area (Å²) in [6.45, 7) is 5.07. The van der Waals surface area contributed by atoms with E-state index in [2.05, 4.69) is 20.6 Å². The Labute approximate surface area is 111 Å². The van der Waals surface area contributed by atoms with Gasteiger partial charge in [-0.1, -0.05) is 0 Å². The Morgan fingerprint density at radius 2 is 2.32 bits per heavy atom. The predicted octanol–water partition coefficient (Wildman–Crippen LogP) is 0.824. The number of nitrogens with two attached hydrogens (primary N) is 1. The zero-order valence-electron chi connectivity index (χ0n) is 11.1. The van der Waals surface area contributed by atoms with E-state index in [1.54, 1.807) is 16.9 Å². The fourth-order valence-electron chi connectivity index (χ4n) is 1.80. The van der Waals surface area contributed by atoms with Crippen molar-refractivity contribution in [3.63, 3.8) is 0 Å². The van der Waals surface area contributed by atoms with Gasteiger partial charge in [-0.15, -0.1) is 0 Å². The average molecular weight is 262 g/mol. The average Bonchev–Trinajstić information content (AvgIpc) is 2.93. The first-order valence-corrected chi connectivity index (χ1v) is 6.17. The Balaban J connectivity index is 2.09. The van der Waals surface area contributed by atoms with E-state index >= 15 is 0 Å². The maximum absolute atomic E-state index is 12.1. The summed E-state index contributed by atoms with van der Waals surface area (Å²) >= 11 is 0. The highest BCUT2D eigenvalue weighted by molar-refractivity contribution is 6.04. The van der Waals surface area contributed by atoms with E-state index in [-0.39, 0.29) is 5.91 Å². The molecule has 0 aliphatic rings. The molecule has 0 atom stereocenters. The van der Waals surface area contributed by atoms with Crippen molar-refractivity contribution in [1.82, 2.24) is 20.0 Å². The zero-order chi connectivity index (χ0) is 13.8. The fraction of sp³-hybridized carbons (Fsp3) is 0.417. The third kappa shape index (κ3) is 3.00. The van der Waals surface area contributed by atoms with Gasteiger partial charge in [0, 0.05) is 24.0 Å². The number of aromatic amines is 1. The van der Waals surface area contributed by atoms with Crippen molar-refractivity contribution in [1.29, 1.82) is 0 Å².